The molecule has 1 saturated heterocycles. The molecule has 0 bridgehead atoms. The van der Waals surface area contributed by atoms with Crippen LogP contribution in [0.15, 0.2) is 54.6 Å². The first kappa shape index (κ1) is 17.5. The Morgan fingerprint density at radius 1 is 1.24 bits per heavy atom. The highest BCUT2D eigenvalue weighted by Crippen LogP contribution is 2.19. The van der Waals surface area contributed by atoms with Crippen LogP contribution in [0.2, 0.25) is 5.02 Å². The third-order valence-corrected chi connectivity index (χ3v) is 4.25. The molecule has 1 aliphatic rings. The second-order valence-electron chi connectivity index (χ2n) is 5.81. The highest BCUT2D eigenvalue weighted by atomic mass is 35.5. The molecule has 130 valence electrons. The van der Waals surface area contributed by atoms with Crippen molar-refractivity contribution in [3.05, 3.63) is 65.2 Å². The van der Waals surface area contributed by atoms with Gasteiger partial charge in [0.2, 0.25) is 5.91 Å². The maximum absolute atomic E-state index is 12.0. The molecule has 0 radical (unpaired) electrons. The van der Waals surface area contributed by atoms with E-state index in [-0.39, 0.29) is 12.0 Å². The molecule has 25 heavy (non-hydrogen) atoms. The van der Waals surface area contributed by atoms with Crippen LogP contribution in [0.4, 0.5) is 5.69 Å². The minimum absolute atomic E-state index is 0.189. The standard InChI is InChI=1S/C20H20ClNO3/c21-19-6-2-1-4-15(19)7-12-20(23)22-16-8-10-17(11-9-16)25-14-18-5-3-13-24-18/h1-2,4,6-12,18H,3,5,13-14H2,(H,22,23)/b12-7-/t18-/m0/s1. The normalized spacial score (nSPS) is 16.9. The molecule has 1 aliphatic heterocycles. The number of amides is 1. The van der Waals surface area contributed by atoms with Gasteiger partial charge in [0.05, 0.1) is 6.10 Å². The van der Waals surface area contributed by atoms with Crippen LogP contribution in [0.3, 0.4) is 0 Å². The van der Waals surface area contributed by atoms with Gasteiger partial charge in [-0.3, -0.25) is 4.79 Å². The van der Waals surface area contributed by atoms with E-state index in [1.807, 2.05) is 42.5 Å². The lowest BCUT2D eigenvalue weighted by Crippen LogP contribution is -2.16. The number of halogens is 1. The van der Waals surface area contributed by atoms with Crippen molar-refractivity contribution in [2.75, 3.05) is 18.5 Å². The van der Waals surface area contributed by atoms with Crippen molar-refractivity contribution in [3.63, 3.8) is 0 Å². The van der Waals surface area contributed by atoms with Crippen LogP contribution >= 0.6 is 11.6 Å². The third-order valence-electron chi connectivity index (χ3n) is 3.90. The van der Waals surface area contributed by atoms with Crippen molar-refractivity contribution in [1.29, 1.82) is 0 Å². The first-order valence-corrected chi connectivity index (χ1v) is 8.66. The van der Waals surface area contributed by atoms with Gasteiger partial charge in [-0.15, -0.1) is 0 Å². The fourth-order valence-electron chi connectivity index (χ4n) is 2.56. The molecule has 1 N–H and O–H groups in total. The van der Waals surface area contributed by atoms with E-state index >= 15 is 0 Å². The third kappa shape index (κ3) is 5.34. The number of anilines is 1. The number of nitrogens with one attached hydrogen (secondary N) is 1. The average Bonchev–Trinajstić information content (AvgIpc) is 3.14. The fraction of sp³-hybridized carbons (Fsp3) is 0.250. The molecule has 0 unspecified atom stereocenters. The van der Waals surface area contributed by atoms with Crippen molar-refractivity contribution in [2.45, 2.75) is 18.9 Å². The highest BCUT2D eigenvalue weighted by molar-refractivity contribution is 6.32. The summed E-state index contributed by atoms with van der Waals surface area (Å²) in [6, 6.07) is 14.7. The van der Waals surface area contributed by atoms with Gasteiger partial charge in [0.15, 0.2) is 0 Å². The Balaban J connectivity index is 1.50. The molecule has 1 heterocycles. The number of carbonyl (C=O) groups is 1. The van der Waals surface area contributed by atoms with Gasteiger partial charge in [0, 0.05) is 23.4 Å². The maximum atomic E-state index is 12.0. The van der Waals surface area contributed by atoms with Crippen LogP contribution in [-0.4, -0.2) is 25.2 Å². The van der Waals surface area contributed by atoms with E-state index in [1.54, 1.807) is 12.1 Å². The number of hydrogen-bond acceptors (Lipinski definition) is 3. The maximum Gasteiger partial charge on any atom is 0.248 e. The Morgan fingerprint density at radius 3 is 2.76 bits per heavy atom. The van der Waals surface area contributed by atoms with Gasteiger partial charge >= 0.3 is 0 Å². The van der Waals surface area contributed by atoms with Gasteiger partial charge in [-0.1, -0.05) is 29.8 Å². The predicted octanol–water partition coefficient (Wildman–Crippen LogP) is 4.55. The summed E-state index contributed by atoms with van der Waals surface area (Å²) in [6.45, 7) is 1.38. The Kier molecular flexibility index (Phi) is 6.09. The summed E-state index contributed by atoms with van der Waals surface area (Å²) in [5.41, 5.74) is 1.51. The Hall–Kier alpha value is -2.30. The molecule has 0 aliphatic carbocycles. The van der Waals surface area contributed by atoms with E-state index in [4.69, 9.17) is 21.1 Å². The molecule has 5 heteroatoms. The molecule has 0 aromatic heterocycles. The summed E-state index contributed by atoms with van der Waals surface area (Å²) in [4.78, 5) is 12.0. The number of ether oxygens (including phenoxy) is 2. The molecular weight excluding hydrogens is 338 g/mol. The van der Waals surface area contributed by atoms with E-state index in [9.17, 15) is 4.79 Å². The molecule has 4 nitrogen and oxygen atoms in total. The number of hydrogen-bond donors (Lipinski definition) is 1. The molecule has 2 aromatic carbocycles. The zero-order valence-corrected chi connectivity index (χ0v) is 14.5. The second-order valence-corrected chi connectivity index (χ2v) is 6.22. The topological polar surface area (TPSA) is 47.6 Å². The van der Waals surface area contributed by atoms with Crippen molar-refractivity contribution in [2.24, 2.45) is 0 Å². The molecule has 3 rings (SSSR count). The lowest BCUT2D eigenvalue weighted by Gasteiger charge is -2.11. The zero-order valence-electron chi connectivity index (χ0n) is 13.8. The van der Waals surface area contributed by atoms with Crippen LogP contribution in [-0.2, 0) is 9.53 Å². The van der Waals surface area contributed by atoms with E-state index in [2.05, 4.69) is 5.32 Å². The largest absolute Gasteiger partial charge is 0.491 e. The van der Waals surface area contributed by atoms with Crippen molar-refractivity contribution >= 4 is 29.3 Å². The van der Waals surface area contributed by atoms with Crippen LogP contribution in [0, 0.1) is 0 Å². The van der Waals surface area contributed by atoms with Crippen LogP contribution < -0.4 is 10.1 Å². The monoisotopic (exact) mass is 357 g/mol. The molecule has 1 amide bonds. The molecule has 2 aromatic rings. The number of benzene rings is 2. The minimum Gasteiger partial charge on any atom is -0.491 e. The van der Waals surface area contributed by atoms with Gasteiger partial charge in [0.1, 0.15) is 12.4 Å². The smallest absolute Gasteiger partial charge is 0.248 e. The van der Waals surface area contributed by atoms with Gasteiger partial charge < -0.3 is 14.8 Å². The highest BCUT2D eigenvalue weighted by Gasteiger charge is 2.15. The van der Waals surface area contributed by atoms with Crippen LogP contribution in [0.1, 0.15) is 18.4 Å². The second kappa shape index (κ2) is 8.70. The SMILES string of the molecule is O=C(/C=C\c1ccccc1Cl)Nc1ccc(OC[C@@H]2CCCO2)cc1. The lowest BCUT2D eigenvalue weighted by atomic mass is 10.2. The van der Waals surface area contributed by atoms with E-state index in [0.717, 1.165) is 30.8 Å². The zero-order chi connectivity index (χ0) is 17.5. The summed E-state index contributed by atoms with van der Waals surface area (Å²) >= 11 is 6.06. The number of rotatable bonds is 6. The first-order chi connectivity index (χ1) is 12.2. The number of carbonyl (C=O) groups excluding carboxylic acids is 1. The molecule has 1 fully saturated rings. The minimum atomic E-state index is -0.215. The predicted molar refractivity (Wildman–Crippen MR) is 100 cm³/mol. The first-order valence-electron chi connectivity index (χ1n) is 8.29. The Labute approximate surface area is 152 Å². The fourth-order valence-corrected chi connectivity index (χ4v) is 2.76. The lowest BCUT2D eigenvalue weighted by molar-refractivity contribution is -0.111. The summed E-state index contributed by atoms with van der Waals surface area (Å²) in [5.74, 6) is 0.549. The average molecular weight is 358 g/mol. The summed E-state index contributed by atoms with van der Waals surface area (Å²) in [6.07, 6.45) is 5.49. The van der Waals surface area contributed by atoms with Crippen molar-refractivity contribution in [3.8, 4) is 5.75 Å². The van der Waals surface area contributed by atoms with E-state index in [0.29, 0.717) is 17.3 Å². The van der Waals surface area contributed by atoms with Crippen LogP contribution in [0.25, 0.3) is 6.08 Å². The molecule has 0 saturated carbocycles. The summed E-state index contributed by atoms with van der Waals surface area (Å²) in [5, 5.41) is 3.42. The summed E-state index contributed by atoms with van der Waals surface area (Å²) in [7, 11) is 0. The van der Waals surface area contributed by atoms with Gasteiger partial charge in [-0.05, 0) is 54.8 Å². The van der Waals surface area contributed by atoms with Gasteiger partial charge in [0.25, 0.3) is 0 Å². The van der Waals surface area contributed by atoms with Crippen molar-refractivity contribution < 1.29 is 14.3 Å². The van der Waals surface area contributed by atoms with E-state index in [1.165, 1.54) is 6.08 Å². The quantitative estimate of drug-likeness (QED) is 0.771. The Bertz CT molecular complexity index is 737. The Morgan fingerprint density at radius 2 is 2.04 bits per heavy atom. The van der Waals surface area contributed by atoms with Crippen LogP contribution in [0.5, 0.6) is 5.75 Å². The van der Waals surface area contributed by atoms with Gasteiger partial charge in [-0.2, -0.15) is 0 Å². The summed E-state index contributed by atoms with van der Waals surface area (Å²) < 4.78 is 11.2. The molecule has 0 spiro atoms. The van der Waals surface area contributed by atoms with E-state index < -0.39 is 0 Å². The van der Waals surface area contributed by atoms with Gasteiger partial charge in [-0.25, -0.2) is 0 Å². The molecule has 1 atom stereocenters. The molecular formula is C20H20ClNO3. The van der Waals surface area contributed by atoms with Crippen molar-refractivity contribution in [1.82, 2.24) is 0 Å².